The Bertz CT molecular complexity index is 1010. The second-order valence-electron chi connectivity index (χ2n) is 6.76. The van der Waals surface area contributed by atoms with Crippen LogP contribution in [0, 0.1) is 0 Å². The first-order chi connectivity index (χ1) is 13.3. The summed E-state index contributed by atoms with van der Waals surface area (Å²) in [7, 11) is 0. The number of nitrogens with zero attached hydrogens (tertiary/aromatic N) is 1. The van der Waals surface area contributed by atoms with Gasteiger partial charge in [0, 0.05) is 11.6 Å². The largest absolute Gasteiger partial charge is 0.454 e. The van der Waals surface area contributed by atoms with Gasteiger partial charge in [-0.15, -0.1) is 0 Å². The highest BCUT2D eigenvalue weighted by Crippen LogP contribution is 2.36. The molecule has 27 heavy (non-hydrogen) atoms. The first kappa shape index (κ1) is 15.9. The topological polar surface area (TPSA) is 73.6 Å². The Hall–Kier alpha value is -3.28. The molecule has 1 unspecified atom stereocenters. The Morgan fingerprint density at radius 1 is 1.07 bits per heavy atom. The minimum Gasteiger partial charge on any atom is -0.454 e. The number of carbonyl (C=O) groups is 1. The molecular formula is C21H18N2O4. The molecule has 2 aromatic carbocycles. The van der Waals surface area contributed by atoms with Crippen molar-refractivity contribution in [2.75, 3.05) is 6.79 Å². The van der Waals surface area contributed by atoms with Gasteiger partial charge in [-0.25, -0.2) is 0 Å². The van der Waals surface area contributed by atoms with Gasteiger partial charge in [0.1, 0.15) is 0 Å². The second kappa shape index (κ2) is 6.46. The molecule has 0 saturated heterocycles. The van der Waals surface area contributed by atoms with E-state index in [9.17, 15) is 4.79 Å². The van der Waals surface area contributed by atoms with Gasteiger partial charge in [-0.1, -0.05) is 29.4 Å². The van der Waals surface area contributed by atoms with E-state index in [0.29, 0.717) is 17.3 Å². The summed E-state index contributed by atoms with van der Waals surface area (Å²) in [6, 6.07) is 15.4. The molecule has 5 rings (SSSR count). The van der Waals surface area contributed by atoms with Crippen LogP contribution in [0.5, 0.6) is 11.5 Å². The van der Waals surface area contributed by atoms with Crippen LogP contribution < -0.4 is 14.8 Å². The van der Waals surface area contributed by atoms with E-state index >= 15 is 0 Å². The highest BCUT2D eigenvalue weighted by molar-refractivity contribution is 5.93. The van der Waals surface area contributed by atoms with Crippen molar-refractivity contribution in [2.45, 2.75) is 25.3 Å². The van der Waals surface area contributed by atoms with E-state index in [1.54, 1.807) is 6.07 Å². The molecule has 1 atom stereocenters. The van der Waals surface area contributed by atoms with Crippen LogP contribution in [0.2, 0.25) is 0 Å². The maximum atomic E-state index is 12.7. The molecule has 1 aliphatic carbocycles. The van der Waals surface area contributed by atoms with Crippen LogP contribution in [0.4, 0.5) is 0 Å². The zero-order chi connectivity index (χ0) is 18.2. The minimum atomic E-state index is -0.229. The highest BCUT2D eigenvalue weighted by Gasteiger charge is 2.24. The number of hydrogen-bond acceptors (Lipinski definition) is 5. The molecule has 1 aromatic heterocycles. The van der Waals surface area contributed by atoms with Crippen LogP contribution in [0.15, 0.2) is 53.1 Å². The van der Waals surface area contributed by atoms with E-state index in [0.717, 1.165) is 24.8 Å². The monoisotopic (exact) mass is 362 g/mol. The molecule has 0 radical (unpaired) electrons. The molecule has 0 spiro atoms. The van der Waals surface area contributed by atoms with Crippen LogP contribution >= 0.6 is 0 Å². The summed E-state index contributed by atoms with van der Waals surface area (Å²) in [6.07, 6.45) is 3.04. The number of fused-ring (bicyclic) bond motifs is 2. The Morgan fingerprint density at radius 3 is 2.93 bits per heavy atom. The molecule has 1 amide bonds. The quantitative estimate of drug-likeness (QED) is 0.765. The zero-order valence-electron chi connectivity index (χ0n) is 14.6. The smallest absolute Gasteiger partial charge is 0.273 e. The van der Waals surface area contributed by atoms with Crippen LogP contribution in [-0.2, 0) is 6.42 Å². The molecule has 6 heteroatoms. The molecule has 1 N–H and O–H groups in total. The summed E-state index contributed by atoms with van der Waals surface area (Å²) in [4.78, 5) is 12.7. The number of nitrogens with one attached hydrogen (secondary N) is 1. The Kier molecular flexibility index (Phi) is 3.81. The third kappa shape index (κ3) is 2.93. The van der Waals surface area contributed by atoms with Crippen LogP contribution in [-0.4, -0.2) is 17.9 Å². The van der Waals surface area contributed by atoms with Gasteiger partial charge in [0.25, 0.3) is 5.91 Å². The maximum Gasteiger partial charge on any atom is 0.273 e. The van der Waals surface area contributed by atoms with Gasteiger partial charge < -0.3 is 19.3 Å². The third-order valence-electron chi connectivity index (χ3n) is 5.07. The van der Waals surface area contributed by atoms with Crippen molar-refractivity contribution in [1.29, 1.82) is 0 Å². The summed E-state index contributed by atoms with van der Waals surface area (Å²) in [5.41, 5.74) is 3.55. The number of hydrogen-bond donors (Lipinski definition) is 1. The lowest BCUT2D eigenvalue weighted by atomic mass is 9.87. The van der Waals surface area contributed by atoms with Crippen molar-refractivity contribution in [2.24, 2.45) is 0 Å². The van der Waals surface area contributed by atoms with Gasteiger partial charge in [-0.05, 0) is 48.6 Å². The van der Waals surface area contributed by atoms with Crippen molar-refractivity contribution in [1.82, 2.24) is 10.5 Å². The number of aryl methyl sites for hydroxylation is 1. The molecule has 2 heterocycles. The lowest BCUT2D eigenvalue weighted by molar-refractivity contribution is 0.0923. The second-order valence-corrected chi connectivity index (χ2v) is 6.76. The lowest BCUT2D eigenvalue weighted by Gasteiger charge is -2.25. The average Bonchev–Trinajstić information content (AvgIpc) is 3.37. The Morgan fingerprint density at radius 2 is 1.96 bits per heavy atom. The fourth-order valence-corrected chi connectivity index (χ4v) is 3.70. The van der Waals surface area contributed by atoms with E-state index in [1.165, 1.54) is 11.1 Å². The molecule has 2 aliphatic rings. The van der Waals surface area contributed by atoms with Crippen LogP contribution in [0.3, 0.4) is 0 Å². The fraction of sp³-hybridized carbons (Fsp3) is 0.238. The SMILES string of the molecule is O=C(NC1CCCc2ccccc21)c1cc(-c2ccc3c(c2)OCO3)on1. The summed E-state index contributed by atoms with van der Waals surface area (Å²) in [5.74, 6) is 1.65. The molecule has 6 nitrogen and oxygen atoms in total. The fourth-order valence-electron chi connectivity index (χ4n) is 3.70. The van der Waals surface area contributed by atoms with Crippen molar-refractivity contribution in [3.8, 4) is 22.8 Å². The van der Waals surface area contributed by atoms with Crippen LogP contribution in [0.1, 0.15) is 40.5 Å². The molecular weight excluding hydrogens is 344 g/mol. The van der Waals surface area contributed by atoms with Gasteiger partial charge in [0.05, 0.1) is 6.04 Å². The van der Waals surface area contributed by atoms with E-state index in [4.69, 9.17) is 14.0 Å². The number of aromatic nitrogens is 1. The first-order valence-corrected chi connectivity index (χ1v) is 9.03. The standard InChI is InChI=1S/C21H18N2O4/c24-21(22-16-7-3-5-13-4-1-2-6-15(13)16)17-11-19(27-23-17)14-8-9-18-20(10-14)26-12-25-18/h1-2,4,6,8-11,16H,3,5,7,12H2,(H,22,24). The molecule has 0 bridgehead atoms. The van der Waals surface area contributed by atoms with E-state index < -0.39 is 0 Å². The molecule has 1 aliphatic heterocycles. The Labute approximate surface area is 156 Å². The number of rotatable bonds is 3. The van der Waals surface area contributed by atoms with Gasteiger partial charge in [-0.2, -0.15) is 0 Å². The number of benzene rings is 2. The predicted octanol–water partition coefficient (Wildman–Crippen LogP) is 3.88. The first-order valence-electron chi connectivity index (χ1n) is 9.03. The number of carbonyl (C=O) groups excluding carboxylic acids is 1. The van der Waals surface area contributed by atoms with Crippen molar-refractivity contribution >= 4 is 5.91 Å². The normalized spacial score (nSPS) is 17.4. The molecule has 0 fully saturated rings. The van der Waals surface area contributed by atoms with E-state index in [2.05, 4.69) is 22.6 Å². The average molecular weight is 362 g/mol. The van der Waals surface area contributed by atoms with Crippen LogP contribution in [0.25, 0.3) is 11.3 Å². The summed E-state index contributed by atoms with van der Waals surface area (Å²) < 4.78 is 16.1. The summed E-state index contributed by atoms with van der Waals surface area (Å²) >= 11 is 0. The number of amides is 1. The van der Waals surface area contributed by atoms with Crippen molar-refractivity contribution < 1.29 is 18.8 Å². The van der Waals surface area contributed by atoms with E-state index in [-0.39, 0.29) is 24.4 Å². The zero-order valence-corrected chi connectivity index (χ0v) is 14.6. The molecule has 136 valence electrons. The summed E-state index contributed by atoms with van der Waals surface area (Å²) in [6.45, 7) is 0.214. The third-order valence-corrected chi connectivity index (χ3v) is 5.07. The van der Waals surface area contributed by atoms with Gasteiger partial charge in [-0.3, -0.25) is 4.79 Å². The minimum absolute atomic E-state index is 0.00754. The molecule has 0 saturated carbocycles. The predicted molar refractivity (Wildman–Crippen MR) is 97.6 cm³/mol. The lowest BCUT2D eigenvalue weighted by Crippen LogP contribution is -2.31. The van der Waals surface area contributed by atoms with Gasteiger partial charge in [0.2, 0.25) is 6.79 Å². The van der Waals surface area contributed by atoms with Crippen molar-refractivity contribution in [3.05, 3.63) is 65.4 Å². The molecule has 3 aromatic rings. The Balaban J connectivity index is 1.35. The van der Waals surface area contributed by atoms with Gasteiger partial charge >= 0.3 is 0 Å². The number of ether oxygens (including phenoxy) is 2. The van der Waals surface area contributed by atoms with E-state index in [1.807, 2.05) is 30.3 Å². The summed E-state index contributed by atoms with van der Waals surface area (Å²) in [5, 5.41) is 7.04. The maximum absolute atomic E-state index is 12.7. The highest BCUT2D eigenvalue weighted by atomic mass is 16.7. The van der Waals surface area contributed by atoms with Crippen molar-refractivity contribution in [3.63, 3.8) is 0 Å². The van der Waals surface area contributed by atoms with Gasteiger partial charge in [0.15, 0.2) is 23.0 Å².